The number of anilines is 1. The predicted octanol–water partition coefficient (Wildman–Crippen LogP) is 1.35. The Labute approximate surface area is 86.9 Å². The van der Waals surface area contributed by atoms with Gasteiger partial charge >= 0.3 is 5.97 Å². The highest BCUT2D eigenvalue weighted by molar-refractivity contribution is 6.04. The molecule has 0 heterocycles. The number of hydrogen-bond donors (Lipinski definition) is 2. The molecule has 0 unspecified atom stereocenters. The minimum Gasteiger partial charge on any atom is -0.478 e. The van der Waals surface area contributed by atoms with Crippen molar-refractivity contribution in [2.45, 2.75) is 6.92 Å². The van der Waals surface area contributed by atoms with Crippen LogP contribution in [0.2, 0.25) is 0 Å². The second-order valence-corrected chi connectivity index (χ2v) is 2.71. The van der Waals surface area contributed by atoms with Crippen molar-refractivity contribution in [3.8, 4) is 11.8 Å². The molecular formula is C11H9NO3. The summed E-state index contributed by atoms with van der Waals surface area (Å²) in [5.41, 5.74) is 0.697. The monoisotopic (exact) mass is 203 g/mol. The largest absolute Gasteiger partial charge is 0.478 e. The molecule has 4 nitrogen and oxygen atoms in total. The summed E-state index contributed by atoms with van der Waals surface area (Å²) < 4.78 is 0. The highest BCUT2D eigenvalue weighted by Crippen LogP contribution is 2.09. The zero-order valence-corrected chi connectivity index (χ0v) is 8.07. The lowest BCUT2D eigenvalue weighted by atomic mass is 10.2. The van der Waals surface area contributed by atoms with Gasteiger partial charge in [0.25, 0.3) is 5.91 Å². The van der Waals surface area contributed by atoms with E-state index in [9.17, 15) is 9.59 Å². The van der Waals surface area contributed by atoms with Crippen LogP contribution in [0.4, 0.5) is 5.69 Å². The number of carbonyl (C=O) groups excluding carboxylic acids is 1. The van der Waals surface area contributed by atoms with Crippen molar-refractivity contribution >= 4 is 17.6 Å². The fourth-order valence-corrected chi connectivity index (χ4v) is 0.972. The lowest BCUT2D eigenvalue weighted by Crippen LogP contribution is -2.08. The third-order valence-corrected chi connectivity index (χ3v) is 1.63. The quantitative estimate of drug-likeness (QED) is 0.713. The molecule has 1 rings (SSSR count). The Morgan fingerprint density at radius 1 is 1.27 bits per heavy atom. The number of carboxylic acid groups (broad SMARTS) is 1. The van der Waals surface area contributed by atoms with Gasteiger partial charge in [-0.2, -0.15) is 0 Å². The molecule has 0 saturated carbocycles. The molecule has 2 N–H and O–H groups in total. The molecule has 0 fully saturated rings. The van der Waals surface area contributed by atoms with Gasteiger partial charge in [-0.25, -0.2) is 4.79 Å². The van der Waals surface area contributed by atoms with Crippen molar-refractivity contribution in [1.29, 1.82) is 0 Å². The van der Waals surface area contributed by atoms with Gasteiger partial charge in [0.15, 0.2) is 0 Å². The second-order valence-electron chi connectivity index (χ2n) is 2.71. The molecule has 1 aromatic rings. The first-order valence-corrected chi connectivity index (χ1v) is 4.20. The number of carbonyl (C=O) groups is 2. The van der Waals surface area contributed by atoms with Gasteiger partial charge in [-0.1, -0.05) is 5.92 Å². The summed E-state index contributed by atoms with van der Waals surface area (Å²) in [4.78, 5) is 21.6. The standard InChI is InChI=1S/C11H9NO3/c1-2-3-10(13)12-9-6-4-8(5-7-9)11(14)15/h4-7H,1H3,(H,12,13)(H,14,15). The van der Waals surface area contributed by atoms with E-state index in [1.165, 1.54) is 24.3 Å². The summed E-state index contributed by atoms with van der Waals surface area (Å²) >= 11 is 0. The van der Waals surface area contributed by atoms with Gasteiger partial charge in [0.05, 0.1) is 5.56 Å². The van der Waals surface area contributed by atoms with Gasteiger partial charge in [-0.05, 0) is 37.1 Å². The fraction of sp³-hybridized carbons (Fsp3) is 0.0909. The molecular weight excluding hydrogens is 194 g/mol. The maximum absolute atomic E-state index is 11.0. The summed E-state index contributed by atoms with van der Waals surface area (Å²) in [6.45, 7) is 1.56. The number of rotatable bonds is 2. The van der Waals surface area contributed by atoms with Crippen LogP contribution in [0.1, 0.15) is 17.3 Å². The lowest BCUT2D eigenvalue weighted by molar-refractivity contribution is -0.111. The summed E-state index contributed by atoms with van der Waals surface area (Å²) in [5, 5.41) is 11.1. The molecule has 0 aliphatic carbocycles. The fourth-order valence-electron chi connectivity index (χ4n) is 0.972. The van der Waals surface area contributed by atoms with Crippen LogP contribution in [0.5, 0.6) is 0 Å². The number of hydrogen-bond acceptors (Lipinski definition) is 2. The number of amides is 1. The van der Waals surface area contributed by atoms with Crippen LogP contribution in [0, 0.1) is 11.8 Å². The first-order chi connectivity index (χ1) is 7.13. The number of carboxylic acids is 1. The van der Waals surface area contributed by atoms with E-state index in [0.717, 1.165) is 0 Å². The minimum absolute atomic E-state index is 0.176. The Balaban J connectivity index is 2.75. The third kappa shape index (κ3) is 3.16. The maximum Gasteiger partial charge on any atom is 0.335 e. The van der Waals surface area contributed by atoms with E-state index in [-0.39, 0.29) is 5.56 Å². The van der Waals surface area contributed by atoms with Crippen LogP contribution < -0.4 is 5.32 Å². The summed E-state index contributed by atoms with van der Waals surface area (Å²) in [7, 11) is 0. The predicted molar refractivity (Wildman–Crippen MR) is 55.5 cm³/mol. The summed E-state index contributed by atoms with van der Waals surface area (Å²) in [6.07, 6.45) is 0. The molecule has 4 heteroatoms. The van der Waals surface area contributed by atoms with Gasteiger partial charge in [0.1, 0.15) is 0 Å². The summed E-state index contributed by atoms with van der Waals surface area (Å²) in [6, 6.07) is 5.85. The smallest absolute Gasteiger partial charge is 0.335 e. The SMILES string of the molecule is CC#CC(=O)Nc1ccc(C(=O)O)cc1. The van der Waals surface area contributed by atoms with E-state index in [1.54, 1.807) is 6.92 Å². The molecule has 0 aromatic heterocycles. The van der Waals surface area contributed by atoms with Crippen molar-refractivity contribution in [3.63, 3.8) is 0 Å². The number of benzene rings is 1. The van der Waals surface area contributed by atoms with E-state index >= 15 is 0 Å². The van der Waals surface area contributed by atoms with E-state index in [0.29, 0.717) is 5.69 Å². The molecule has 0 atom stereocenters. The Morgan fingerprint density at radius 2 is 1.87 bits per heavy atom. The Kier molecular flexibility index (Phi) is 3.47. The van der Waals surface area contributed by atoms with Gasteiger partial charge < -0.3 is 10.4 Å². The molecule has 0 radical (unpaired) electrons. The summed E-state index contributed by atoms with van der Waals surface area (Å²) in [5.74, 6) is 3.36. The van der Waals surface area contributed by atoms with Crippen LogP contribution in [0.25, 0.3) is 0 Å². The average molecular weight is 203 g/mol. The molecule has 0 aliphatic rings. The van der Waals surface area contributed by atoms with Crippen LogP contribution in [-0.4, -0.2) is 17.0 Å². The normalized spacial score (nSPS) is 8.60. The van der Waals surface area contributed by atoms with Crippen LogP contribution >= 0.6 is 0 Å². The van der Waals surface area contributed by atoms with Crippen molar-refractivity contribution in [2.24, 2.45) is 0 Å². The topological polar surface area (TPSA) is 66.4 Å². The van der Waals surface area contributed by atoms with Crippen LogP contribution in [-0.2, 0) is 4.79 Å². The third-order valence-electron chi connectivity index (χ3n) is 1.63. The Hall–Kier alpha value is -2.28. The van der Waals surface area contributed by atoms with Crippen LogP contribution in [0.3, 0.4) is 0 Å². The molecule has 1 aromatic carbocycles. The van der Waals surface area contributed by atoms with Crippen LogP contribution in [0.15, 0.2) is 24.3 Å². The van der Waals surface area contributed by atoms with Crippen molar-refractivity contribution in [3.05, 3.63) is 29.8 Å². The number of aromatic carboxylic acids is 1. The molecule has 0 saturated heterocycles. The zero-order chi connectivity index (χ0) is 11.3. The Bertz CT molecular complexity index is 437. The van der Waals surface area contributed by atoms with Crippen molar-refractivity contribution in [1.82, 2.24) is 0 Å². The lowest BCUT2D eigenvalue weighted by Gasteiger charge is -2.00. The van der Waals surface area contributed by atoms with Gasteiger partial charge in [0.2, 0.25) is 0 Å². The number of nitrogens with one attached hydrogen (secondary N) is 1. The van der Waals surface area contributed by atoms with Crippen molar-refractivity contribution < 1.29 is 14.7 Å². The molecule has 0 bridgehead atoms. The average Bonchev–Trinajstić information content (AvgIpc) is 2.18. The first-order valence-electron chi connectivity index (χ1n) is 4.20. The minimum atomic E-state index is -0.999. The van der Waals surface area contributed by atoms with Crippen molar-refractivity contribution in [2.75, 3.05) is 5.32 Å². The second kappa shape index (κ2) is 4.82. The van der Waals surface area contributed by atoms with E-state index in [2.05, 4.69) is 17.2 Å². The van der Waals surface area contributed by atoms with E-state index < -0.39 is 11.9 Å². The van der Waals surface area contributed by atoms with Gasteiger partial charge in [-0.3, -0.25) is 4.79 Å². The van der Waals surface area contributed by atoms with E-state index in [4.69, 9.17) is 5.11 Å². The molecule has 0 spiro atoms. The van der Waals surface area contributed by atoms with E-state index in [1.807, 2.05) is 0 Å². The van der Waals surface area contributed by atoms with Gasteiger partial charge in [0, 0.05) is 5.69 Å². The first kappa shape index (κ1) is 10.8. The molecule has 15 heavy (non-hydrogen) atoms. The highest BCUT2D eigenvalue weighted by Gasteiger charge is 2.02. The van der Waals surface area contributed by atoms with Gasteiger partial charge in [-0.15, -0.1) is 0 Å². The molecule has 0 aliphatic heterocycles. The molecule has 76 valence electrons. The maximum atomic E-state index is 11.0. The molecule has 1 amide bonds. The Morgan fingerprint density at radius 3 is 2.33 bits per heavy atom. The highest BCUT2D eigenvalue weighted by atomic mass is 16.4. The zero-order valence-electron chi connectivity index (χ0n) is 8.07.